The van der Waals surface area contributed by atoms with Crippen molar-refractivity contribution in [3.05, 3.63) is 243 Å². The number of benzene rings is 10. The molecule has 60 heavy (non-hydrogen) atoms. The van der Waals surface area contributed by atoms with E-state index < -0.39 is 0 Å². The summed E-state index contributed by atoms with van der Waals surface area (Å²) in [5.74, 6) is 0. The zero-order valence-electron chi connectivity index (χ0n) is 33.0. The highest BCUT2D eigenvalue weighted by Crippen LogP contribution is 2.43. The second kappa shape index (κ2) is 15.1. The molecule has 0 amide bonds. The van der Waals surface area contributed by atoms with Crippen molar-refractivity contribution in [3.63, 3.8) is 0 Å². The Morgan fingerprint density at radius 1 is 0.233 bits per heavy atom. The fourth-order valence-electron chi connectivity index (χ4n) is 8.84. The molecule has 1 aromatic heterocycles. The predicted octanol–water partition coefficient (Wildman–Crippen LogP) is 16.1. The summed E-state index contributed by atoms with van der Waals surface area (Å²) in [4.78, 5) is 2.41. The number of hydrogen-bond acceptors (Lipinski definition) is 1. The van der Waals surface area contributed by atoms with Gasteiger partial charge in [0.25, 0.3) is 0 Å². The lowest BCUT2D eigenvalue weighted by Crippen LogP contribution is -2.11. The molecule has 1 heterocycles. The van der Waals surface area contributed by atoms with Crippen LogP contribution in [0.4, 0.5) is 17.1 Å². The maximum atomic E-state index is 2.43. The van der Waals surface area contributed by atoms with Crippen LogP contribution >= 0.6 is 0 Å². The molecule has 282 valence electrons. The van der Waals surface area contributed by atoms with E-state index in [2.05, 4.69) is 252 Å². The molecule has 0 aliphatic carbocycles. The first-order valence-electron chi connectivity index (χ1n) is 20.6. The van der Waals surface area contributed by atoms with Crippen LogP contribution in [0.25, 0.3) is 82.8 Å². The van der Waals surface area contributed by atoms with Crippen molar-refractivity contribution in [1.82, 2.24) is 4.57 Å². The van der Waals surface area contributed by atoms with Crippen molar-refractivity contribution in [2.45, 2.75) is 0 Å². The average Bonchev–Trinajstić information content (AvgIpc) is 3.67. The van der Waals surface area contributed by atoms with E-state index in [1.54, 1.807) is 0 Å². The Kier molecular flexibility index (Phi) is 8.87. The summed E-state index contributed by atoms with van der Waals surface area (Å²) >= 11 is 0. The van der Waals surface area contributed by atoms with Crippen molar-refractivity contribution in [2.75, 3.05) is 4.90 Å². The van der Waals surface area contributed by atoms with Crippen LogP contribution in [-0.4, -0.2) is 4.57 Å². The average molecular weight is 765 g/mol. The third-order valence-corrected chi connectivity index (χ3v) is 11.8. The van der Waals surface area contributed by atoms with Crippen LogP contribution in [0.3, 0.4) is 0 Å². The molecule has 2 nitrogen and oxygen atoms in total. The standard InChI is InChI=1S/C58H40N2/c1-3-13-41(14-4-1)43-23-27-45(28-24-43)47-31-35-49(36-32-47)59(50-37-33-48(34-38-50)46-29-25-44(26-30-46)42-15-5-2-6-16-42)57-39-40-58(54-18-8-7-17-53(54)57)60-55-21-11-9-19-51(55)52-20-10-12-22-56(52)60/h1-40H. The minimum absolute atomic E-state index is 1.09. The Hall–Kier alpha value is -7.94. The van der Waals surface area contributed by atoms with E-state index in [-0.39, 0.29) is 0 Å². The number of rotatable bonds is 8. The molecule has 0 atom stereocenters. The molecule has 0 aliphatic heterocycles. The molecule has 11 rings (SSSR count). The molecule has 0 spiro atoms. The largest absolute Gasteiger partial charge is 0.310 e. The monoisotopic (exact) mass is 764 g/mol. The fourth-order valence-corrected chi connectivity index (χ4v) is 8.84. The molecule has 0 aliphatic rings. The number of hydrogen-bond donors (Lipinski definition) is 0. The Labute approximate surface area is 350 Å². The molecule has 2 heteroatoms. The van der Waals surface area contributed by atoms with Gasteiger partial charge in [-0.2, -0.15) is 0 Å². The highest BCUT2D eigenvalue weighted by molar-refractivity contribution is 6.12. The first kappa shape index (κ1) is 35.2. The van der Waals surface area contributed by atoms with Crippen LogP contribution in [0.5, 0.6) is 0 Å². The van der Waals surface area contributed by atoms with Gasteiger partial charge in [0, 0.05) is 32.9 Å². The summed E-state index contributed by atoms with van der Waals surface area (Å²) in [7, 11) is 0. The number of nitrogens with zero attached hydrogens (tertiary/aromatic N) is 2. The second-order valence-corrected chi connectivity index (χ2v) is 15.3. The van der Waals surface area contributed by atoms with Crippen molar-refractivity contribution < 1.29 is 0 Å². The van der Waals surface area contributed by atoms with Crippen LogP contribution in [0.15, 0.2) is 243 Å². The molecule has 0 radical (unpaired) electrons. The van der Waals surface area contributed by atoms with Gasteiger partial charge in [-0.15, -0.1) is 0 Å². The molecule has 11 aromatic rings. The van der Waals surface area contributed by atoms with E-state index in [4.69, 9.17) is 0 Å². The Balaban J connectivity index is 1.02. The van der Waals surface area contributed by atoms with Gasteiger partial charge in [0.05, 0.1) is 22.4 Å². The maximum absolute atomic E-state index is 2.43. The summed E-state index contributed by atoms with van der Waals surface area (Å²) in [6, 6.07) is 87.8. The van der Waals surface area contributed by atoms with Crippen LogP contribution < -0.4 is 4.90 Å². The molecular formula is C58H40N2. The fraction of sp³-hybridized carbons (Fsp3) is 0. The molecule has 0 saturated heterocycles. The highest BCUT2D eigenvalue weighted by Gasteiger charge is 2.20. The first-order chi connectivity index (χ1) is 29.8. The first-order valence-corrected chi connectivity index (χ1v) is 20.6. The molecular weight excluding hydrogens is 725 g/mol. The summed E-state index contributed by atoms with van der Waals surface area (Å²) in [6.45, 7) is 0. The lowest BCUT2D eigenvalue weighted by atomic mass is 9.99. The van der Waals surface area contributed by atoms with Crippen molar-refractivity contribution >= 4 is 49.6 Å². The van der Waals surface area contributed by atoms with Gasteiger partial charge in [0.2, 0.25) is 0 Å². The van der Waals surface area contributed by atoms with Crippen LogP contribution in [0, 0.1) is 0 Å². The van der Waals surface area contributed by atoms with Gasteiger partial charge in [0.1, 0.15) is 0 Å². The molecule has 0 bridgehead atoms. The minimum Gasteiger partial charge on any atom is -0.310 e. The van der Waals surface area contributed by atoms with Gasteiger partial charge in [-0.1, -0.05) is 194 Å². The number of para-hydroxylation sites is 2. The Bertz CT molecular complexity index is 3070. The second-order valence-electron chi connectivity index (χ2n) is 15.3. The quantitative estimate of drug-likeness (QED) is 0.150. The topological polar surface area (TPSA) is 8.17 Å². The van der Waals surface area contributed by atoms with E-state index in [0.717, 1.165) is 22.7 Å². The third-order valence-electron chi connectivity index (χ3n) is 11.8. The van der Waals surface area contributed by atoms with Gasteiger partial charge < -0.3 is 9.47 Å². The molecule has 0 unspecified atom stereocenters. The summed E-state index contributed by atoms with van der Waals surface area (Å²) in [5.41, 5.74) is 16.5. The predicted molar refractivity (Wildman–Crippen MR) is 255 cm³/mol. The third kappa shape index (κ3) is 6.32. The van der Waals surface area contributed by atoms with Gasteiger partial charge in [-0.3, -0.25) is 0 Å². The Morgan fingerprint density at radius 2 is 0.550 bits per heavy atom. The minimum atomic E-state index is 1.09. The Morgan fingerprint density at radius 3 is 0.967 bits per heavy atom. The summed E-state index contributed by atoms with van der Waals surface area (Å²) in [6.07, 6.45) is 0. The van der Waals surface area contributed by atoms with Crippen molar-refractivity contribution in [3.8, 4) is 50.2 Å². The van der Waals surface area contributed by atoms with Crippen molar-refractivity contribution in [1.29, 1.82) is 0 Å². The summed E-state index contributed by atoms with van der Waals surface area (Å²) in [5, 5.41) is 4.88. The SMILES string of the molecule is c1ccc(-c2ccc(-c3ccc(N(c4ccc(-c5ccc(-c6ccccc6)cc5)cc4)c4ccc(-n5c6ccccc6c6ccccc65)c5ccccc45)cc3)cc2)cc1. The molecule has 0 N–H and O–H groups in total. The smallest absolute Gasteiger partial charge is 0.0542 e. The van der Waals surface area contributed by atoms with E-state index in [0.29, 0.717) is 0 Å². The zero-order valence-corrected chi connectivity index (χ0v) is 33.0. The van der Waals surface area contributed by atoms with Gasteiger partial charge in [-0.25, -0.2) is 0 Å². The summed E-state index contributed by atoms with van der Waals surface area (Å²) < 4.78 is 2.43. The van der Waals surface area contributed by atoms with Gasteiger partial charge >= 0.3 is 0 Å². The number of aromatic nitrogens is 1. The normalized spacial score (nSPS) is 11.3. The number of anilines is 3. The van der Waals surface area contributed by atoms with E-state index in [1.807, 2.05) is 0 Å². The molecule has 0 saturated carbocycles. The van der Waals surface area contributed by atoms with Gasteiger partial charge in [0.15, 0.2) is 0 Å². The van der Waals surface area contributed by atoms with Crippen LogP contribution in [-0.2, 0) is 0 Å². The number of fused-ring (bicyclic) bond motifs is 4. The van der Waals surface area contributed by atoms with E-state index in [1.165, 1.54) is 77.1 Å². The van der Waals surface area contributed by atoms with Gasteiger partial charge in [-0.05, 0) is 93.0 Å². The highest BCUT2D eigenvalue weighted by atomic mass is 15.1. The van der Waals surface area contributed by atoms with E-state index in [9.17, 15) is 0 Å². The zero-order chi connectivity index (χ0) is 39.8. The van der Waals surface area contributed by atoms with Crippen LogP contribution in [0.1, 0.15) is 0 Å². The lowest BCUT2D eigenvalue weighted by molar-refractivity contribution is 1.19. The molecule has 10 aromatic carbocycles. The van der Waals surface area contributed by atoms with E-state index >= 15 is 0 Å². The lowest BCUT2D eigenvalue weighted by Gasteiger charge is -2.28. The van der Waals surface area contributed by atoms with Crippen LogP contribution in [0.2, 0.25) is 0 Å². The maximum Gasteiger partial charge on any atom is 0.0542 e. The molecule has 0 fully saturated rings. The van der Waals surface area contributed by atoms with Crippen molar-refractivity contribution in [2.24, 2.45) is 0 Å².